The minimum absolute atomic E-state index is 0.0405. The molecule has 1 fully saturated rings. The molecule has 1 saturated heterocycles. The van der Waals surface area contributed by atoms with E-state index in [0.29, 0.717) is 32.1 Å². The zero-order valence-corrected chi connectivity index (χ0v) is 15.7. The van der Waals surface area contributed by atoms with Crippen molar-refractivity contribution in [1.29, 1.82) is 0 Å². The Morgan fingerprint density at radius 2 is 1.75 bits per heavy atom. The van der Waals surface area contributed by atoms with Crippen LogP contribution in [0.3, 0.4) is 0 Å². The number of aliphatic imine (C=N–C) groups is 1. The van der Waals surface area contributed by atoms with Crippen LogP contribution in [0.15, 0.2) is 4.99 Å². The molecule has 0 aromatic carbocycles. The first-order valence-corrected chi connectivity index (χ1v) is 9.69. The Balaban J connectivity index is 2.38. The van der Waals surface area contributed by atoms with Crippen LogP contribution >= 0.6 is 0 Å². The Kier molecular flexibility index (Phi) is 7.27. The third-order valence-corrected chi connectivity index (χ3v) is 4.75. The van der Waals surface area contributed by atoms with Gasteiger partial charge in [-0.2, -0.15) is 0 Å². The van der Waals surface area contributed by atoms with Crippen molar-refractivity contribution in [2.75, 3.05) is 45.0 Å². The maximum absolute atomic E-state index is 12.0. The predicted octanol–water partition coefficient (Wildman–Crippen LogP) is -0.207. The molecule has 0 bridgehead atoms. The number of ether oxygens (including phenoxy) is 1. The van der Waals surface area contributed by atoms with Gasteiger partial charge in [-0.1, -0.05) is 0 Å². The number of hydrogen-bond donors (Lipinski definition) is 2. The third-order valence-electron chi connectivity index (χ3n) is 3.34. The molecule has 0 aromatic rings. The molecule has 0 radical (unpaired) electrons. The molecule has 0 aliphatic carbocycles. The SMILES string of the molecule is CCS(=O)(=O)NCCN=C(N)N1CCN(C(=O)OC(C)(C)C)CC1. The number of piperazine rings is 1. The van der Waals surface area contributed by atoms with Crippen LogP contribution in [0.2, 0.25) is 0 Å². The summed E-state index contributed by atoms with van der Waals surface area (Å²) in [5, 5.41) is 0. The summed E-state index contributed by atoms with van der Waals surface area (Å²) in [6.45, 7) is 9.71. The molecular weight excluding hydrogens is 334 g/mol. The van der Waals surface area contributed by atoms with Gasteiger partial charge in [-0.05, 0) is 27.7 Å². The first kappa shape index (κ1) is 20.5. The van der Waals surface area contributed by atoms with Gasteiger partial charge in [0.2, 0.25) is 10.0 Å². The molecular formula is C14H29N5O4S. The molecule has 0 atom stereocenters. The van der Waals surface area contributed by atoms with Crippen LogP contribution in [-0.4, -0.2) is 80.9 Å². The van der Waals surface area contributed by atoms with Gasteiger partial charge in [-0.25, -0.2) is 17.9 Å². The summed E-state index contributed by atoms with van der Waals surface area (Å²) in [5.41, 5.74) is 5.40. The van der Waals surface area contributed by atoms with Crippen molar-refractivity contribution in [2.24, 2.45) is 10.7 Å². The number of nitrogens with zero attached hydrogens (tertiary/aromatic N) is 3. The van der Waals surface area contributed by atoms with Crippen molar-refractivity contribution in [3.8, 4) is 0 Å². The Bertz CT molecular complexity index is 548. The van der Waals surface area contributed by atoms with Crippen molar-refractivity contribution in [2.45, 2.75) is 33.3 Å². The van der Waals surface area contributed by atoms with Gasteiger partial charge < -0.3 is 20.3 Å². The summed E-state index contributed by atoms with van der Waals surface area (Å²) < 4.78 is 30.4. The van der Waals surface area contributed by atoms with Gasteiger partial charge in [0.15, 0.2) is 5.96 Å². The molecule has 1 rings (SSSR count). The van der Waals surface area contributed by atoms with Crippen molar-refractivity contribution in [1.82, 2.24) is 14.5 Å². The zero-order chi connectivity index (χ0) is 18.4. The monoisotopic (exact) mass is 363 g/mol. The molecule has 1 aliphatic heterocycles. The second-order valence-electron chi connectivity index (χ2n) is 6.49. The molecule has 140 valence electrons. The number of rotatable bonds is 5. The van der Waals surface area contributed by atoms with Gasteiger partial charge in [0.25, 0.3) is 0 Å². The van der Waals surface area contributed by atoms with Crippen LogP contribution in [0.1, 0.15) is 27.7 Å². The topological polar surface area (TPSA) is 117 Å². The van der Waals surface area contributed by atoms with Gasteiger partial charge in [0.05, 0.1) is 12.3 Å². The largest absolute Gasteiger partial charge is 0.444 e. The second kappa shape index (κ2) is 8.52. The Morgan fingerprint density at radius 1 is 1.21 bits per heavy atom. The summed E-state index contributed by atoms with van der Waals surface area (Å²) in [6.07, 6.45) is -0.327. The maximum Gasteiger partial charge on any atom is 0.410 e. The number of nitrogens with one attached hydrogen (secondary N) is 1. The average Bonchev–Trinajstić information content (AvgIpc) is 2.50. The number of nitrogens with two attached hydrogens (primary N) is 1. The number of sulfonamides is 1. The number of carbonyl (C=O) groups excluding carboxylic acids is 1. The fraction of sp³-hybridized carbons (Fsp3) is 0.857. The van der Waals surface area contributed by atoms with Gasteiger partial charge in [-0.15, -0.1) is 0 Å². The third kappa shape index (κ3) is 7.35. The quantitative estimate of drug-likeness (QED) is 0.397. The molecule has 1 aliphatic rings. The molecule has 3 N–H and O–H groups in total. The second-order valence-corrected chi connectivity index (χ2v) is 8.59. The molecule has 0 unspecified atom stereocenters. The Labute approximate surface area is 144 Å². The fourth-order valence-corrected chi connectivity index (χ4v) is 2.62. The molecule has 10 heteroatoms. The number of hydrogen-bond acceptors (Lipinski definition) is 5. The van der Waals surface area contributed by atoms with E-state index in [2.05, 4.69) is 9.71 Å². The number of carbonyl (C=O) groups is 1. The zero-order valence-electron chi connectivity index (χ0n) is 14.9. The minimum Gasteiger partial charge on any atom is -0.444 e. The van der Waals surface area contributed by atoms with Gasteiger partial charge in [0, 0.05) is 32.7 Å². The van der Waals surface area contributed by atoms with E-state index >= 15 is 0 Å². The van der Waals surface area contributed by atoms with Crippen LogP contribution in [0.4, 0.5) is 4.79 Å². The van der Waals surface area contributed by atoms with Crippen LogP contribution in [0.5, 0.6) is 0 Å². The van der Waals surface area contributed by atoms with E-state index in [4.69, 9.17) is 10.5 Å². The number of amides is 1. The molecule has 0 aromatic heterocycles. The normalized spacial score (nSPS) is 17.1. The van der Waals surface area contributed by atoms with E-state index in [1.165, 1.54) is 0 Å². The highest BCUT2D eigenvalue weighted by Crippen LogP contribution is 2.11. The molecule has 1 amide bonds. The van der Waals surface area contributed by atoms with Crippen molar-refractivity contribution in [3.05, 3.63) is 0 Å². The summed E-state index contributed by atoms with van der Waals surface area (Å²) in [6, 6.07) is 0. The molecule has 0 saturated carbocycles. The molecule has 24 heavy (non-hydrogen) atoms. The Hall–Kier alpha value is -1.55. The predicted molar refractivity (Wildman–Crippen MR) is 93.3 cm³/mol. The highest BCUT2D eigenvalue weighted by Gasteiger charge is 2.26. The van der Waals surface area contributed by atoms with E-state index in [1.807, 2.05) is 25.7 Å². The van der Waals surface area contributed by atoms with Gasteiger partial charge in [-0.3, -0.25) is 4.99 Å². The lowest BCUT2D eigenvalue weighted by Gasteiger charge is -2.36. The van der Waals surface area contributed by atoms with Crippen LogP contribution in [-0.2, 0) is 14.8 Å². The van der Waals surface area contributed by atoms with E-state index in [0.717, 1.165) is 0 Å². The van der Waals surface area contributed by atoms with Crippen LogP contribution in [0.25, 0.3) is 0 Å². The summed E-state index contributed by atoms with van der Waals surface area (Å²) in [4.78, 5) is 19.7. The molecule has 0 spiro atoms. The number of guanidine groups is 1. The van der Waals surface area contributed by atoms with E-state index in [1.54, 1.807) is 11.8 Å². The van der Waals surface area contributed by atoms with Crippen LogP contribution < -0.4 is 10.5 Å². The summed E-state index contributed by atoms with van der Waals surface area (Å²) >= 11 is 0. The van der Waals surface area contributed by atoms with Gasteiger partial charge >= 0.3 is 6.09 Å². The molecule has 9 nitrogen and oxygen atoms in total. The lowest BCUT2D eigenvalue weighted by Crippen LogP contribution is -2.53. The standard InChI is InChI=1S/C14H29N5O4S/c1-5-24(21,22)17-7-6-16-12(15)18-8-10-19(11-9-18)13(20)23-14(2,3)4/h17H,5-11H2,1-4H3,(H2,15,16). The summed E-state index contributed by atoms with van der Waals surface area (Å²) in [5.74, 6) is 0.397. The maximum atomic E-state index is 12.0. The fourth-order valence-electron chi connectivity index (χ4n) is 2.02. The average molecular weight is 363 g/mol. The van der Waals surface area contributed by atoms with E-state index in [9.17, 15) is 13.2 Å². The minimum atomic E-state index is -3.21. The van der Waals surface area contributed by atoms with Crippen molar-refractivity contribution < 1.29 is 17.9 Å². The summed E-state index contributed by atoms with van der Waals surface area (Å²) in [7, 11) is -3.21. The van der Waals surface area contributed by atoms with Crippen molar-refractivity contribution in [3.63, 3.8) is 0 Å². The molecule has 1 heterocycles. The van der Waals surface area contributed by atoms with Crippen LogP contribution in [0, 0.1) is 0 Å². The smallest absolute Gasteiger partial charge is 0.410 e. The van der Waals surface area contributed by atoms with E-state index < -0.39 is 15.6 Å². The first-order valence-electron chi connectivity index (χ1n) is 8.04. The first-order chi connectivity index (χ1) is 11.0. The van der Waals surface area contributed by atoms with Crippen molar-refractivity contribution >= 4 is 22.1 Å². The lowest BCUT2D eigenvalue weighted by molar-refractivity contribution is 0.0186. The lowest BCUT2D eigenvalue weighted by atomic mass is 10.2. The Morgan fingerprint density at radius 3 is 2.25 bits per heavy atom. The highest BCUT2D eigenvalue weighted by molar-refractivity contribution is 7.89. The van der Waals surface area contributed by atoms with E-state index in [-0.39, 0.29) is 24.9 Å². The van der Waals surface area contributed by atoms with Gasteiger partial charge in [0.1, 0.15) is 5.60 Å². The highest BCUT2D eigenvalue weighted by atomic mass is 32.2.